The summed E-state index contributed by atoms with van der Waals surface area (Å²) in [5.74, 6) is 0. The summed E-state index contributed by atoms with van der Waals surface area (Å²) in [5, 5.41) is 0. The molecule has 0 bridgehead atoms. The van der Waals surface area contributed by atoms with Crippen LogP contribution in [0.2, 0.25) is 0 Å². The van der Waals surface area contributed by atoms with Crippen LogP contribution in [0, 0.1) is 0 Å². The van der Waals surface area contributed by atoms with Crippen molar-refractivity contribution in [3.8, 4) is 0 Å². The van der Waals surface area contributed by atoms with E-state index in [1.807, 2.05) is 0 Å². The minimum absolute atomic E-state index is 0.253. The van der Waals surface area contributed by atoms with Gasteiger partial charge in [0.2, 0.25) is 6.08 Å². The molecule has 0 aromatic rings. The summed E-state index contributed by atoms with van der Waals surface area (Å²) < 4.78 is 0. The van der Waals surface area contributed by atoms with Crippen molar-refractivity contribution in [2.45, 2.75) is 37.8 Å². The average Bonchev–Trinajstić information content (AvgIpc) is 2.50. The van der Waals surface area contributed by atoms with Gasteiger partial charge in [0.1, 0.15) is 0 Å². The summed E-state index contributed by atoms with van der Waals surface area (Å²) in [7, 11) is 0. The van der Waals surface area contributed by atoms with Crippen LogP contribution in [0.5, 0.6) is 0 Å². The number of hydrogen-bond acceptors (Lipinski definition) is 3. The van der Waals surface area contributed by atoms with Gasteiger partial charge < -0.3 is 0 Å². The zero-order chi connectivity index (χ0) is 8.39. The Morgan fingerprint density at radius 3 is 3.00 bits per heavy atom. The van der Waals surface area contributed by atoms with Crippen molar-refractivity contribution in [3.05, 3.63) is 0 Å². The van der Waals surface area contributed by atoms with Gasteiger partial charge >= 0.3 is 0 Å². The third kappa shape index (κ3) is 1.30. The second-order valence-corrected chi connectivity index (χ2v) is 3.68. The summed E-state index contributed by atoms with van der Waals surface area (Å²) >= 11 is 0. The van der Waals surface area contributed by atoms with E-state index in [4.69, 9.17) is 0 Å². The van der Waals surface area contributed by atoms with Gasteiger partial charge in [-0.15, -0.1) is 0 Å². The molecule has 66 valence electrons. The summed E-state index contributed by atoms with van der Waals surface area (Å²) in [6.45, 7) is 2.33. The molecule has 2 saturated heterocycles. The Bertz CT molecular complexity index is 211. The third-order valence-electron chi connectivity index (χ3n) is 3.04. The van der Waals surface area contributed by atoms with Crippen LogP contribution >= 0.6 is 0 Å². The lowest BCUT2D eigenvalue weighted by atomic mass is 10.00. The Morgan fingerprint density at radius 1 is 1.25 bits per heavy atom. The molecule has 0 N–H and O–H groups in total. The Balaban J connectivity index is 2.05. The summed E-state index contributed by atoms with van der Waals surface area (Å²) in [5.41, 5.74) is 0. The molecular formula is C9H14N2O. The molecule has 2 unspecified atom stereocenters. The van der Waals surface area contributed by atoms with Crippen molar-refractivity contribution in [2.24, 2.45) is 4.99 Å². The van der Waals surface area contributed by atoms with Crippen molar-refractivity contribution in [3.63, 3.8) is 0 Å². The molecule has 3 nitrogen and oxygen atoms in total. The minimum atomic E-state index is 0.253. The normalized spacial score (nSPS) is 35.7. The third-order valence-corrected chi connectivity index (χ3v) is 3.04. The van der Waals surface area contributed by atoms with Gasteiger partial charge in [-0.05, 0) is 25.8 Å². The maximum Gasteiger partial charge on any atom is 0.235 e. The van der Waals surface area contributed by atoms with Gasteiger partial charge in [-0.2, -0.15) is 0 Å². The molecule has 0 spiro atoms. The van der Waals surface area contributed by atoms with Crippen molar-refractivity contribution in [2.75, 3.05) is 13.1 Å². The Kier molecular flexibility index (Phi) is 2.24. The van der Waals surface area contributed by atoms with Gasteiger partial charge in [-0.3, -0.25) is 4.90 Å². The van der Waals surface area contributed by atoms with E-state index in [0.717, 1.165) is 13.0 Å². The fourth-order valence-electron chi connectivity index (χ4n) is 2.44. The second kappa shape index (κ2) is 3.38. The van der Waals surface area contributed by atoms with Crippen molar-refractivity contribution in [1.82, 2.24) is 4.90 Å². The monoisotopic (exact) mass is 166 g/mol. The van der Waals surface area contributed by atoms with E-state index >= 15 is 0 Å². The van der Waals surface area contributed by atoms with Gasteiger partial charge in [0, 0.05) is 12.6 Å². The van der Waals surface area contributed by atoms with Gasteiger partial charge in [-0.25, -0.2) is 9.79 Å². The van der Waals surface area contributed by atoms with Crippen LogP contribution in [0.15, 0.2) is 4.99 Å². The van der Waals surface area contributed by atoms with Crippen molar-refractivity contribution >= 4 is 6.08 Å². The predicted octanol–water partition coefficient (Wildman–Crippen LogP) is 0.949. The predicted molar refractivity (Wildman–Crippen MR) is 45.7 cm³/mol. The quantitative estimate of drug-likeness (QED) is 0.429. The highest BCUT2D eigenvalue weighted by molar-refractivity contribution is 5.34. The minimum Gasteiger partial charge on any atom is -0.298 e. The lowest BCUT2D eigenvalue weighted by molar-refractivity contribution is 0.190. The van der Waals surface area contributed by atoms with E-state index < -0.39 is 0 Å². The molecule has 0 aliphatic carbocycles. The van der Waals surface area contributed by atoms with Crippen LogP contribution in [-0.2, 0) is 4.79 Å². The molecule has 2 rings (SSSR count). The highest BCUT2D eigenvalue weighted by atomic mass is 16.1. The SMILES string of the molecule is O=C=NC1CCN2CCCCC12. The van der Waals surface area contributed by atoms with E-state index in [1.165, 1.54) is 25.8 Å². The number of carbonyl (C=O) groups excluding carboxylic acids is 1. The first-order valence-corrected chi connectivity index (χ1v) is 4.73. The maximum absolute atomic E-state index is 10.1. The molecule has 0 amide bonds. The Labute approximate surface area is 72.5 Å². The van der Waals surface area contributed by atoms with Gasteiger partial charge in [0.15, 0.2) is 0 Å². The van der Waals surface area contributed by atoms with Gasteiger partial charge in [-0.1, -0.05) is 6.42 Å². The van der Waals surface area contributed by atoms with Crippen LogP contribution in [0.1, 0.15) is 25.7 Å². The lowest BCUT2D eigenvalue weighted by Gasteiger charge is -2.30. The number of nitrogens with zero attached hydrogens (tertiary/aromatic N) is 2. The topological polar surface area (TPSA) is 32.7 Å². The summed E-state index contributed by atoms with van der Waals surface area (Å²) in [4.78, 5) is 16.5. The largest absolute Gasteiger partial charge is 0.298 e. The smallest absolute Gasteiger partial charge is 0.235 e. The molecule has 0 aromatic heterocycles. The maximum atomic E-state index is 10.1. The number of fused-ring (bicyclic) bond motifs is 1. The average molecular weight is 166 g/mol. The standard InChI is InChI=1S/C9H14N2O/c12-7-10-8-4-6-11-5-2-1-3-9(8)11/h8-9H,1-6H2. The molecule has 0 aromatic carbocycles. The molecule has 0 saturated carbocycles. The fourth-order valence-corrected chi connectivity index (χ4v) is 2.44. The number of hydrogen-bond donors (Lipinski definition) is 0. The molecule has 2 atom stereocenters. The molecular weight excluding hydrogens is 152 g/mol. The van der Waals surface area contributed by atoms with Gasteiger partial charge in [0.05, 0.1) is 6.04 Å². The zero-order valence-corrected chi connectivity index (χ0v) is 7.20. The van der Waals surface area contributed by atoms with Crippen LogP contribution < -0.4 is 0 Å². The van der Waals surface area contributed by atoms with Crippen LogP contribution in [-0.4, -0.2) is 36.2 Å². The summed E-state index contributed by atoms with van der Waals surface area (Å²) in [6, 6.07) is 0.808. The lowest BCUT2D eigenvalue weighted by Crippen LogP contribution is -2.38. The van der Waals surface area contributed by atoms with E-state index in [2.05, 4.69) is 9.89 Å². The highest BCUT2D eigenvalue weighted by Gasteiger charge is 2.35. The molecule has 2 fully saturated rings. The first kappa shape index (κ1) is 7.96. The van der Waals surface area contributed by atoms with Crippen LogP contribution in [0.25, 0.3) is 0 Å². The first-order chi connectivity index (χ1) is 5.92. The van der Waals surface area contributed by atoms with E-state index in [0.29, 0.717) is 6.04 Å². The Morgan fingerprint density at radius 2 is 2.17 bits per heavy atom. The second-order valence-electron chi connectivity index (χ2n) is 3.68. The number of aliphatic imine (C=N–C) groups is 1. The fraction of sp³-hybridized carbons (Fsp3) is 0.889. The first-order valence-electron chi connectivity index (χ1n) is 4.73. The molecule has 12 heavy (non-hydrogen) atoms. The van der Waals surface area contributed by atoms with Crippen molar-refractivity contribution in [1.29, 1.82) is 0 Å². The van der Waals surface area contributed by atoms with Crippen LogP contribution in [0.3, 0.4) is 0 Å². The Hall–Kier alpha value is -0.660. The molecule has 0 radical (unpaired) electrons. The van der Waals surface area contributed by atoms with Gasteiger partial charge in [0.25, 0.3) is 0 Å². The van der Waals surface area contributed by atoms with E-state index in [-0.39, 0.29) is 6.04 Å². The number of rotatable bonds is 1. The highest BCUT2D eigenvalue weighted by Crippen LogP contribution is 2.28. The molecule has 2 aliphatic heterocycles. The van der Waals surface area contributed by atoms with Crippen molar-refractivity contribution < 1.29 is 4.79 Å². The van der Waals surface area contributed by atoms with E-state index in [9.17, 15) is 4.79 Å². The molecule has 3 heteroatoms. The number of isocyanates is 1. The molecule has 2 aliphatic rings. The van der Waals surface area contributed by atoms with E-state index in [1.54, 1.807) is 6.08 Å². The molecule has 2 heterocycles. The van der Waals surface area contributed by atoms with Crippen LogP contribution in [0.4, 0.5) is 0 Å². The number of piperidine rings is 1. The zero-order valence-electron chi connectivity index (χ0n) is 7.20. The summed E-state index contributed by atoms with van der Waals surface area (Å²) in [6.07, 6.45) is 6.58.